The van der Waals surface area contributed by atoms with Crippen molar-refractivity contribution in [3.63, 3.8) is 0 Å². The molecule has 0 rings (SSSR count). The lowest BCUT2D eigenvalue weighted by Crippen LogP contribution is -2.13. The van der Waals surface area contributed by atoms with E-state index in [-0.39, 0.29) is 0 Å². The molecule has 148 valence electrons. The molecule has 0 aromatic carbocycles. The standard InChI is InChI=1S/3C3H9N.C2F2O4.BH3O3/c3*1-3(2)4;3-7-1(5)2(6)8-4;2-1(3)4/h3*3H,4H2,1-2H3;;2-4H. The number of carbonyl (C=O) groups is 2. The SMILES string of the molecule is CC(C)N.CC(C)N.CC(C)N.O=C(OF)C(=O)OF.OB(O)O. The topological polar surface area (TPSA) is 191 Å². The summed E-state index contributed by atoms with van der Waals surface area (Å²) in [5.74, 6) is -4.04. The highest BCUT2D eigenvalue weighted by molar-refractivity contribution is 6.30. The second-order valence-corrected chi connectivity index (χ2v) is 4.81. The molecule has 0 bridgehead atoms. The molecule has 0 atom stereocenters. The van der Waals surface area contributed by atoms with Crippen LogP contribution in [-0.4, -0.2) is 52.5 Å². The summed E-state index contributed by atoms with van der Waals surface area (Å²) in [5, 5.41) is 21.5. The van der Waals surface area contributed by atoms with Gasteiger partial charge < -0.3 is 32.3 Å². The van der Waals surface area contributed by atoms with Gasteiger partial charge in [-0.3, -0.25) is 0 Å². The van der Waals surface area contributed by atoms with Crippen molar-refractivity contribution in [1.29, 1.82) is 0 Å². The van der Waals surface area contributed by atoms with E-state index in [1.54, 1.807) is 0 Å². The largest absolute Gasteiger partial charge is 0.631 e. The van der Waals surface area contributed by atoms with Crippen LogP contribution in [-0.2, 0) is 19.5 Å². The van der Waals surface area contributed by atoms with Gasteiger partial charge in [-0.25, -0.2) is 19.5 Å². The molecule has 0 aromatic rings. The van der Waals surface area contributed by atoms with Crippen molar-refractivity contribution >= 4 is 19.3 Å². The second-order valence-electron chi connectivity index (χ2n) is 4.81. The Balaban J connectivity index is -0.0000000657. The van der Waals surface area contributed by atoms with Gasteiger partial charge in [0.05, 0.1) is 0 Å². The maximum Gasteiger partial charge on any atom is 0.631 e. The van der Waals surface area contributed by atoms with Crippen LogP contribution in [0.25, 0.3) is 0 Å². The quantitative estimate of drug-likeness (QED) is 0.226. The summed E-state index contributed by atoms with van der Waals surface area (Å²) < 4.78 is 21.0. The first-order chi connectivity index (χ1) is 10.6. The Morgan fingerprint density at radius 3 is 0.875 bits per heavy atom. The summed E-state index contributed by atoms with van der Waals surface area (Å²) >= 11 is 0. The van der Waals surface area contributed by atoms with Crippen LogP contribution in [0.4, 0.5) is 9.05 Å². The van der Waals surface area contributed by atoms with E-state index in [2.05, 4.69) is 9.88 Å². The fourth-order valence-electron chi connectivity index (χ4n) is 0.0630. The van der Waals surface area contributed by atoms with E-state index >= 15 is 0 Å². The van der Waals surface area contributed by atoms with Crippen LogP contribution in [0.2, 0.25) is 0 Å². The lowest BCUT2D eigenvalue weighted by molar-refractivity contribution is -0.212. The van der Waals surface area contributed by atoms with Gasteiger partial charge in [0.25, 0.3) is 0 Å². The molecule has 0 aromatic heterocycles. The molecule has 0 radical (unpaired) electrons. The zero-order chi connectivity index (χ0) is 20.9. The molecule has 0 saturated heterocycles. The fourth-order valence-corrected chi connectivity index (χ4v) is 0.0630. The van der Waals surface area contributed by atoms with Crippen molar-refractivity contribution in [3.05, 3.63) is 0 Å². The van der Waals surface area contributed by atoms with Gasteiger partial charge in [-0.2, -0.15) is 0 Å². The molecule has 0 saturated carbocycles. The number of halogens is 2. The molecule has 0 spiro atoms. The first-order valence-electron chi connectivity index (χ1n) is 6.61. The summed E-state index contributed by atoms with van der Waals surface area (Å²) in [6, 6.07) is 1.000. The summed E-state index contributed by atoms with van der Waals surface area (Å²) in [5.41, 5.74) is 15.3. The number of hydrogen-bond donors (Lipinski definition) is 6. The van der Waals surface area contributed by atoms with E-state index in [1.807, 2.05) is 41.5 Å². The molecule has 10 nitrogen and oxygen atoms in total. The summed E-state index contributed by atoms with van der Waals surface area (Å²) in [6.07, 6.45) is 0. The number of hydrogen-bond acceptors (Lipinski definition) is 10. The zero-order valence-corrected chi connectivity index (χ0v) is 14.8. The van der Waals surface area contributed by atoms with Crippen LogP contribution in [0.5, 0.6) is 0 Å². The fraction of sp³-hybridized carbons (Fsp3) is 0.818. The lowest BCUT2D eigenvalue weighted by atomic mass is 10.3. The van der Waals surface area contributed by atoms with Crippen molar-refractivity contribution in [2.45, 2.75) is 59.7 Å². The second kappa shape index (κ2) is 26.5. The van der Waals surface area contributed by atoms with Crippen LogP contribution in [0.3, 0.4) is 0 Å². The van der Waals surface area contributed by atoms with Gasteiger partial charge >= 0.3 is 19.3 Å². The van der Waals surface area contributed by atoms with Gasteiger partial charge in [0.1, 0.15) is 0 Å². The Morgan fingerprint density at radius 1 is 0.750 bits per heavy atom. The van der Waals surface area contributed by atoms with E-state index in [4.69, 9.17) is 32.3 Å². The van der Waals surface area contributed by atoms with Gasteiger partial charge in [-0.15, -0.1) is 0 Å². The van der Waals surface area contributed by atoms with Gasteiger partial charge in [-0.05, 0) is 18.1 Å². The Hall–Kier alpha value is -1.38. The van der Waals surface area contributed by atoms with Crippen LogP contribution in [0.1, 0.15) is 41.5 Å². The summed E-state index contributed by atoms with van der Waals surface area (Å²) in [4.78, 5) is 23.4. The van der Waals surface area contributed by atoms with E-state index in [1.165, 1.54) is 0 Å². The molecule has 0 amide bonds. The molecule has 0 heterocycles. The first kappa shape index (κ1) is 34.1. The van der Waals surface area contributed by atoms with Gasteiger partial charge in [-0.1, -0.05) is 41.5 Å². The maximum absolute atomic E-state index is 10.5. The Morgan fingerprint density at radius 2 is 0.833 bits per heavy atom. The molecular formula is C11H30BF2N3O7. The smallest absolute Gasteiger partial charge is 0.402 e. The highest BCUT2D eigenvalue weighted by Crippen LogP contribution is 1.83. The highest BCUT2D eigenvalue weighted by atomic mass is 19.3. The molecule has 9 N–H and O–H groups in total. The average Bonchev–Trinajstić information content (AvgIpc) is 2.34. The minimum absolute atomic E-state index is 0.333. The predicted molar refractivity (Wildman–Crippen MR) is 84.8 cm³/mol. The van der Waals surface area contributed by atoms with E-state index in [0.29, 0.717) is 18.1 Å². The third-order valence-electron chi connectivity index (χ3n) is 0.307. The van der Waals surface area contributed by atoms with Gasteiger partial charge in [0, 0.05) is 9.05 Å². The molecule has 0 aliphatic carbocycles. The molecule has 0 fully saturated rings. The highest BCUT2D eigenvalue weighted by Gasteiger charge is 2.18. The van der Waals surface area contributed by atoms with Crippen LogP contribution < -0.4 is 17.2 Å². The van der Waals surface area contributed by atoms with Crippen molar-refractivity contribution in [2.24, 2.45) is 17.2 Å². The molecule has 0 unspecified atom stereocenters. The average molecular weight is 365 g/mol. The van der Waals surface area contributed by atoms with Crippen molar-refractivity contribution < 1.29 is 43.6 Å². The molecule has 13 heteroatoms. The number of nitrogens with two attached hydrogens (primary N) is 3. The van der Waals surface area contributed by atoms with Crippen LogP contribution in [0.15, 0.2) is 0 Å². The van der Waals surface area contributed by atoms with Crippen molar-refractivity contribution in [3.8, 4) is 0 Å². The zero-order valence-electron chi connectivity index (χ0n) is 14.8. The van der Waals surface area contributed by atoms with Crippen LogP contribution in [0, 0.1) is 0 Å². The Labute approximate surface area is 140 Å². The van der Waals surface area contributed by atoms with Crippen molar-refractivity contribution in [1.82, 2.24) is 0 Å². The Kier molecular flexibility index (Phi) is 37.6. The third kappa shape index (κ3) is 181. The Bertz CT molecular complexity index is 225. The van der Waals surface area contributed by atoms with Gasteiger partial charge in [0.2, 0.25) is 0 Å². The minimum atomic E-state index is -2.17. The minimum Gasteiger partial charge on any atom is -0.402 e. The molecule has 0 aliphatic heterocycles. The van der Waals surface area contributed by atoms with E-state index in [9.17, 15) is 18.6 Å². The maximum atomic E-state index is 10.5. The summed E-state index contributed by atoms with van der Waals surface area (Å²) in [6.45, 7) is 11.7. The summed E-state index contributed by atoms with van der Waals surface area (Å²) in [7, 11) is -2.17. The number of rotatable bonds is 0. The molecule has 0 aliphatic rings. The lowest BCUT2D eigenvalue weighted by Gasteiger charge is -1.82. The third-order valence-corrected chi connectivity index (χ3v) is 0.307. The molecule has 24 heavy (non-hydrogen) atoms. The predicted octanol–water partition coefficient (Wildman–Crippen LogP) is -1.15. The van der Waals surface area contributed by atoms with Crippen molar-refractivity contribution in [2.75, 3.05) is 0 Å². The van der Waals surface area contributed by atoms with E-state index in [0.717, 1.165) is 0 Å². The first-order valence-corrected chi connectivity index (χ1v) is 6.61. The van der Waals surface area contributed by atoms with Crippen LogP contribution >= 0.6 is 0 Å². The monoisotopic (exact) mass is 365 g/mol. The normalized spacial score (nSPS) is 8.21. The van der Waals surface area contributed by atoms with E-state index < -0.39 is 19.3 Å². The number of carbonyl (C=O) groups excluding carboxylic acids is 2. The van der Waals surface area contributed by atoms with Gasteiger partial charge in [0.15, 0.2) is 0 Å². The molecular weight excluding hydrogens is 335 g/mol.